The molecule has 2 unspecified atom stereocenters. The summed E-state index contributed by atoms with van der Waals surface area (Å²) in [5.74, 6) is 0.0928. The summed E-state index contributed by atoms with van der Waals surface area (Å²) in [4.78, 5) is 4.16. The minimum Gasteiger partial charge on any atom is -0.359 e. The van der Waals surface area contributed by atoms with E-state index in [9.17, 15) is 8.42 Å². The Labute approximate surface area is 188 Å². The molecule has 3 aromatic rings. The standard InChI is InChI=1S/C25H26N4O2S/c1-2-32(30,31)29-22-11-9-19-16-20(8-10-21(19)22)24-23(17-12-14-26-15-13-17)27-25(28-24)18-6-4-3-5-7-18/h3-8,10,12-16,22,25,27-29H,2,9,11H2,1H3. The van der Waals surface area contributed by atoms with E-state index in [-0.39, 0.29) is 18.0 Å². The van der Waals surface area contributed by atoms with E-state index >= 15 is 0 Å². The molecule has 2 aromatic carbocycles. The summed E-state index contributed by atoms with van der Waals surface area (Å²) in [6.07, 6.45) is 5.20. The number of aromatic nitrogens is 1. The Morgan fingerprint density at radius 3 is 2.41 bits per heavy atom. The quantitative estimate of drug-likeness (QED) is 0.538. The van der Waals surface area contributed by atoms with E-state index in [0.717, 1.165) is 46.5 Å². The Hall–Kier alpha value is -3.16. The fourth-order valence-corrected chi connectivity index (χ4v) is 5.30. The molecule has 7 heteroatoms. The molecule has 6 nitrogen and oxygen atoms in total. The maximum Gasteiger partial charge on any atom is 0.211 e. The number of sulfonamides is 1. The second-order valence-corrected chi connectivity index (χ2v) is 10.2. The van der Waals surface area contributed by atoms with E-state index in [0.29, 0.717) is 0 Å². The second kappa shape index (κ2) is 8.41. The molecule has 32 heavy (non-hydrogen) atoms. The lowest BCUT2D eigenvalue weighted by atomic mass is 10.0. The van der Waals surface area contributed by atoms with Gasteiger partial charge in [-0.05, 0) is 54.7 Å². The van der Waals surface area contributed by atoms with Crippen molar-refractivity contribution in [2.45, 2.75) is 32.0 Å². The number of hydrogen-bond donors (Lipinski definition) is 3. The van der Waals surface area contributed by atoms with Gasteiger partial charge in [-0.15, -0.1) is 0 Å². The van der Waals surface area contributed by atoms with Gasteiger partial charge in [-0.2, -0.15) is 0 Å². The molecular formula is C25H26N4O2S. The van der Waals surface area contributed by atoms with E-state index in [4.69, 9.17) is 0 Å². The smallest absolute Gasteiger partial charge is 0.211 e. The van der Waals surface area contributed by atoms with E-state index in [1.807, 2.05) is 30.3 Å². The van der Waals surface area contributed by atoms with Crippen molar-refractivity contribution >= 4 is 21.4 Å². The Morgan fingerprint density at radius 2 is 1.69 bits per heavy atom. The highest BCUT2D eigenvalue weighted by atomic mass is 32.2. The van der Waals surface area contributed by atoms with Crippen molar-refractivity contribution in [3.05, 3.63) is 101 Å². The molecule has 0 saturated heterocycles. The Bertz CT molecular complexity index is 1260. The molecule has 2 atom stereocenters. The average molecular weight is 447 g/mol. The zero-order valence-corrected chi connectivity index (χ0v) is 18.7. The fraction of sp³-hybridized carbons (Fsp3) is 0.240. The maximum atomic E-state index is 12.1. The van der Waals surface area contributed by atoms with Gasteiger partial charge in [-0.1, -0.05) is 42.5 Å². The summed E-state index contributed by atoms with van der Waals surface area (Å²) in [7, 11) is -3.24. The van der Waals surface area contributed by atoms with Crippen molar-refractivity contribution in [3.63, 3.8) is 0 Å². The number of rotatable bonds is 6. The van der Waals surface area contributed by atoms with Crippen LogP contribution in [0.4, 0.5) is 0 Å². The van der Waals surface area contributed by atoms with Crippen LogP contribution in [0.1, 0.15) is 53.4 Å². The van der Waals surface area contributed by atoms with Crippen molar-refractivity contribution in [1.29, 1.82) is 0 Å². The van der Waals surface area contributed by atoms with Crippen molar-refractivity contribution in [1.82, 2.24) is 20.3 Å². The number of nitrogens with one attached hydrogen (secondary N) is 3. The molecule has 0 amide bonds. The molecule has 0 saturated carbocycles. The normalized spacial score (nSPS) is 20.0. The molecule has 0 fully saturated rings. The van der Waals surface area contributed by atoms with Crippen LogP contribution in [0.5, 0.6) is 0 Å². The average Bonchev–Trinajstić information content (AvgIpc) is 3.44. The first-order valence-electron chi connectivity index (χ1n) is 10.9. The number of aryl methyl sites for hydroxylation is 1. The molecule has 0 radical (unpaired) electrons. The van der Waals surface area contributed by atoms with Gasteiger partial charge in [0.1, 0.15) is 6.17 Å². The maximum absolute atomic E-state index is 12.1. The first-order valence-corrected chi connectivity index (χ1v) is 12.5. The number of fused-ring (bicyclic) bond motifs is 1. The van der Waals surface area contributed by atoms with Gasteiger partial charge in [-0.3, -0.25) is 4.98 Å². The third-order valence-corrected chi connectivity index (χ3v) is 7.54. The fourth-order valence-electron chi connectivity index (χ4n) is 4.45. The van der Waals surface area contributed by atoms with Crippen LogP contribution in [0.2, 0.25) is 0 Å². The van der Waals surface area contributed by atoms with Crippen LogP contribution in [0, 0.1) is 0 Å². The lowest BCUT2D eigenvalue weighted by molar-refractivity contribution is 0.555. The van der Waals surface area contributed by atoms with Gasteiger partial charge < -0.3 is 10.6 Å². The summed E-state index contributed by atoms with van der Waals surface area (Å²) < 4.78 is 27.0. The highest BCUT2D eigenvalue weighted by molar-refractivity contribution is 7.89. The first kappa shape index (κ1) is 20.7. The molecule has 0 bridgehead atoms. The van der Waals surface area contributed by atoms with Crippen LogP contribution in [0.15, 0.2) is 73.1 Å². The summed E-state index contributed by atoms with van der Waals surface area (Å²) in [5.41, 5.74) is 7.63. The lowest BCUT2D eigenvalue weighted by Crippen LogP contribution is -2.28. The summed E-state index contributed by atoms with van der Waals surface area (Å²) >= 11 is 0. The highest BCUT2D eigenvalue weighted by Gasteiger charge is 2.29. The lowest BCUT2D eigenvalue weighted by Gasteiger charge is -2.16. The zero-order chi connectivity index (χ0) is 22.1. The van der Waals surface area contributed by atoms with Crippen LogP contribution < -0.4 is 15.4 Å². The van der Waals surface area contributed by atoms with Crippen molar-refractivity contribution in [2.24, 2.45) is 0 Å². The van der Waals surface area contributed by atoms with E-state index < -0.39 is 10.0 Å². The minimum atomic E-state index is -3.24. The second-order valence-electron chi connectivity index (χ2n) is 8.14. The third kappa shape index (κ3) is 4.01. The predicted molar refractivity (Wildman–Crippen MR) is 127 cm³/mol. The summed E-state index contributed by atoms with van der Waals surface area (Å²) in [5, 5.41) is 7.29. The SMILES string of the molecule is CCS(=O)(=O)NC1CCc2cc(C3=C(c4ccncc4)NC(c4ccccc4)N3)ccc21. The molecule has 5 rings (SSSR count). The highest BCUT2D eigenvalue weighted by Crippen LogP contribution is 2.37. The molecule has 164 valence electrons. The Kier molecular flexibility index (Phi) is 5.45. The van der Waals surface area contributed by atoms with Gasteiger partial charge in [0.15, 0.2) is 0 Å². The first-order chi connectivity index (χ1) is 15.5. The van der Waals surface area contributed by atoms with E-state index in [2.05, 4.69) is 50.7 Å². The zero-order valence-electron chi connectivity index (χ0n) is 17.9. The molecule has 0 spiro atoms. The molecular weight excluding hydrogens is 420 g/mol. The summed E-state index contributed by atoms with van der Waals surface area (Å²) in [6, 6.07) is 20.5. The monoisotopic (exact) mass is 446 g/mol. The molecule has 3 N–H and O–H groups in total. The van der Waals surface area contributed by atoms with Crippen LogP contribution in [0.25, 0.3) is 11.4 Å². The number of nitrogens with zero attached hydrogens (tertiary/aromatic N) is 1. The van der Waals surface area contributed by atoms with Crippen molar-refractivity contribution < 1.29 is 8.42 Å². The van der Waals surface area contributed by atoms with E-state index in [1.165, 1.54) is 5.56 Å². The third-order valence-electron chi connectivity index (χ3n) is 6.14. The van der Waals surface area contributed by atoms with Crippen LogP contribution >= 0.6 is 0 Å². The van der Waals surface area contributed by atoms with Gasteiger partial charge in [0.05, 0.1) is 17.1 Å². The summed E-state index contributed by atoms with van der Waals surface area (Å²) in [6.45, 7) is 1.66. The minimum absolute atomic E-state index is 0.0354. The van der Waals surface area contributed by atoms with Gasteiger partial charge in [-0.25, -0.2) is 13.1 Å². The molecule has 2 aliphatic rings. The molecule has 1 aliphatic heterocycles. The van der Waals surface area contributed by atoms with Crippen molar-refractivity contribution in [2.75, 3.05) is 5.75 Å². The van der Waals surface area contributed by atoms with Crippen LogP contribution in [-0.2, 0) is 16.4 Å². The van der Waals surface area contributed by atoms with Crippen molar-refractivity contribution in [3.8, 4) is 0 Å². The van der Waals surface area contributed by atoms with Gasteiger partial charge in [0.25, 0.3) is 0 Å². The number of benzene rings is 2. The number of hydrogen-bond acceptors (Lipinski definition) is 5. The van der Waals surface area contributed by atoms with Gasteiger partial charge in [0, 0.05) is 29.6 Å². The Morgan fingerprint density at radius 1 is 0.969 bits per heavy atom. The topological polar surface area (TPSA) is 83.1 Å². The molecule has 1 aliphatic carbocycles. The van der Waals surface area contributed by atoms with Crippen LogP contribution in [-0.4, -0.2) is 19.2 Å². The molecule has 1 aromatic heterocycles. The number of pyridine rings is 1. The predicted octanol–water partition coefficient (Wildman–Crippen LogP) is 3.73. The Balaban J connectivity index is 1.50. The van der Waals surface area contributed by atoms with E-state index in [1.54, 1.807) is 19.3 Å². The van der Waals surface area contributed by atoms with Gasteiger partial charge in [0.2, 0.25) is 10.0 Å². The molecule has 2 heterocycles. The van der Waals surface area contributed by atoms with Crippen LogP contribution in [0.3, 0.4) is 0 Å². The van der Waals surface area contributed by atoms with Gasteiger partial charge >= 0.3 is 0 Å². The largest absolute Gasteiger partial charge is 0.359 e.